The topological polar surface area (TPSA) is 89.8 Å². The summed E-state index contributed by atoms with van der Waals surface area (Å²) in [5.41, 5.74) is 0. The minimum atomic E-state index is -0.609. The summed E-state index contributed by atoms with van der Waals surface area (Å²) in [6.07, 6.45) is 10.2. The van der Waals surface area contributed by atoms with Crippen LogP contribution in [0.3, 0.4) is 0 Å². The number of amides is 1. The molecule has 0 spiro atoms. The van der Waals surface area contributed by atoms with Crippen LogP contribution < -0.4 is 5.32 Å². The first-order chi connectivity index (χ1) is 8.20. The lowest BCUT2D eigenvalue weighted by Gasteiger charge is -2.06. The van der Waals surface area contributed by atoms with Crippen LogP contribution in [0.25, 0.3) is 0 Å². The second-order valence-corrected chi connectivity index (χ2v) is 3.04. The molecule has 0 aliphatic rings. The van der Waals surface area contributed by atoms with Gasteiger partial charge in [-0.3, -0.25) is 4.79 Å². The van der Waals surface area contributed by atoms with Crippen LogP contribution >= 0.6 is 0 Å². The molecule has 0 saturated carbocycles. The van der Waals surface area contributed by atoms with Gasteiger partial charge in [-0.25, -0.2) is 0 Å². The van der Waals surface area contributed by atoms with Crippen LogP contribution in [0.2, 0.25) is 0 Å². The summed E-state index contributed by atoms with van der Waals surface area (Å²) in [6.45, 7) is 2.29. The van der Waals surface area contributed by atoms with Crippen LogP contribution in [0, 0.1) is 12.8 Å². The van der Waals surface area contributed by atoms with Crippen molar-refractivity contribution in [1.82, 2.24) is 5.32 Å². The number of nitrogens with one attached hydrogen (secondary N) is 1. The molecule has 0 unspecified atom stereocenters. The minimum Gasteiger partial charge on any atom is -0.400 e. The van der Waals surface area contributed by atoms with E-state index in [9.17, 15) is 4.79 Å². The molecule has 102 valence electrons. The molecule has 0 aliphatic carbocycles. The Morgan fingerprint density at radius 3 is 2.24 bits per heavy atom. The highest BCUT2D eigenvalue weighted by molar-refractivity contribution is 5.75. The van der Waals surface area contributed by atoms with E-state index in [0.717, 1.165) is 20.0 Å². The van der Waals surface area contributed by atoms with Gasteiger partial charge in [-0.2, -0.15) is 0 Å². The fraction of sp³-hybridized carbons (Fsp3) is 0.750. The van der Waals surface area contributed by atoms with E-state index >= 15 is 0 Å². The molecular formula is C12H25NO4. The number of terminal acetylenes is 1. The Bertz CT molecular complexity index is 171. The van der Waals surface area contributed by atoms with Gasteiger partial charge in [0.1, 0.15) is 0 Å². The molecule has 17 heavy (non-hydrogen) atoms. The molecule has 0 aromatic heterocycles. The van der Waals surface area contributed by atoms with Gasteiger partial charge in [0.25, 0.3) is 0 Å². The van der Waals surface area contributed by atoms with Crippen molar-refractivity contribution in [2.45, 2.75) is 38.7 Å². The van der Waals surface area contributed by atoms with Gasteiger partial charge < -0.3 is 20.6 Å². The Morgan fingerprint density at radius 1 is 1.29 bits per heavy atom. The lowest BCUT2D eigenvalue weighted by molar-refractivity contribution is -0.120. The van der Waals surface area contributed by atoms with Crippen molar-refractivity contribution in [3.05, 3.63) is 0 Å². The molecule has 0 aliphatic heterocycles. The smallest absolute Gasteiger partial charge is 0.219 e. The van der Waals surface area contributed by atoms with E-state index in [1.54, 1.807) is 0 Å². The molecule has 0 saturated heterocycles. The van der Waals surface area contributed by atoms with Gasteiger partial charge in [0.2, 0.25) is 5.91 Å². The zero-order chi connectivity index (χ0) is 14.1. The number of unbranched alkanes of at least 4 members (excludes halogenated alkanes) is 1. The quantitative estimate of drug-likeness (QED) is 0.373. The van der Waals surface area contributed by atoms with Gasteiger partial charge >= 0.3 is 0 Å². The van der Waals surface area contributed by atoms with Gasteiger partial charge in [-0.1, -0.05) is 6.92 Å². The van der Waals surface area contributed by atoms with Gasteiger partial charge in [-0.05, 0) is 19.3 Å². The molecule has 5 nitrogen and oxygen atoms in total. The molecule has 1 amide bonds. The molecule has 0 radical (unpaired) electrons. The summed E-state index contributed by atoms with van der Waals surface area (Å²) >= 11 is 0. The summed E-state index contributed by atoms with van der Waals surface area (Å²) in [5, 5.41) is 27.2. The summed E-state index contributed by atoms with van der Waals surface area (Å²) in [5.74, 6) is 0.0581. The molecule has 0 bridgehead atoms. The zero-order valence-electron chi connectivity index (χ0n) is 10.7. The predicted molar refractivity (Wildman–Crippen MR) is 68.3 cm³/mol. The van der Waals surface area contributed by atoms with Crippen LogP contribution in [-0.2, 0) is 4.79 Å². The number of aliphatic hydroxyl groups is 3. The summed E-state index contributed by atoms with van der Waals surface area (Å²) in [6, 6.07) is 0. The van der Waals surface area contributed by atoms with E-state index in [1.165, 1.54) is 0 Å². The average molecular weight is 247 g/mol. The Hall–Kier alpha value is -1.09. The second-order valence-electron chi connectivity index (χ2n) is 3.04. The molecular weight excluding hydrogens is 222 g/mol. The van der Waals surface area contributed by atoms with Crippen LogP contribution in [0.15, 0.2) is 0 Å². The standard InChI is InChI=1S/C9H19NO3.C2H2.CH4O/c1-2-9(13)10-6-4-3-5-8(12)7-11;2*1-2/h8,11-12H,2-7H2,1H3,(H,10,13);1-2H;2H,1H3/t8-;;/m0../s1. The zero-order valence-corrected chi connectivity index (χ0v) is 10.7. The SMILES string of the molecule is C#C.CCC(=O)NCCCC[C@H](O)CO.CO. The first-order valence-corrected chi connectivity index (χ1v) is 5.54. The lowest BCUT2D eigenvalue weighted by Crippen LogP contribution is -2.23. The maximum absolute atomic E-state index is 10.8. The number of hydrogen-bond donors (Lipinski definition) is 4. The van der Waals surface area contributed by atoms with Crippen LogP contribution in [0.1, 0.15) is 32.6 Å². The molecule has 0 fully saturated rings. The molecule has 0 rings (SSSR count). The van der Waals surface area contributed by atoms with Crippen molar-refractivity contribution in [3.63, 3.8) is 0 Å². The van der Waals surface area contributed by atoms with E-state index in [1.807, 2.05) is 6.92 Å². The second kappa shape index (κ2) is 20.3. The van der Waals surface area contributed by atoms with Crippen LogP contribution in [0.4, 0.5) is 0 Å². The van der Waals surface area contributed by atoms with E-state index in [4.69, 9.17) is 15.3 Å². The molecule has 0 heterocycles. The first kappa shape index (κ1) is 21.2. The molecule has 4 N–H and O–H groups in total. The van der Waals surface area contributed by atoms with E-state index in [2.05, 4.69) is 18.2 Å². The third-order valence-corrected chi connectivity index (χ3v) is 1.82. The summed E-state index contributed by atoms with van der Waals surface area (Å²) in [4.78, 5) is 10.8. The van der Waals surface area contributed by atoms with E-state index in [0.29, 0.717) is 19.4 Å². The molecule has 1 atom stereocenters. The Balaban J connectivity index is -0.000000439. The Labute approximate surface area is 104 Å². The molecule has 0 aromatic rings. The fourth-order valence-electron chi connectivity index (χ4n) is 0.949. The van der Waals surface area contributed by atoms with Crippen molar-refractivity contribution >= 4 is 5.91 Å². The Kier molecular flexibility index (Phi) is 25.4. The third-order valence-electron chi connectivity index (χ3n) is 1.82. The highest BCUT2D eigenvalue weighted by Crippen LogP contribution is 1.98. The molecule has 0 aromatic carbocycles. The number of aliphatic hydroxyl groups excluding tert-OH is 3. The first-order valence-electron chi connectivity index (χ1n) is 5.54. The van der Waals surface area contributed by atoms with E-state index in [-0.39, 0.29) is 12.5 Å². The number of hydrogen-bond acceptors (Lipinski definition) is 4. The summed E-state index contributed by atoms with van der Waals surface area (Å²) < 4.78 is 0. The Morgan fingerprint density at radius 2 is 1.82 bits per heavy atom. The number of carbonyl (C=O) groups excluding carboxylic acids is 1. The minimum absolute atomic E-state index is 0.0581. The highest BCUT2D eigenvalue weighted by Gasteiger charge is 2.01. The lowest BCUT2D eigenvalue weighted by atomic mass is 10.1. The monoisotopic (exact) mass is 247 g/mol. The highest BCUT2D eigenvalue weighted by atomic mass is 16.3. The fourth-order valence-corrected chi connectivity index (χ4v) is 0.949. The number of carbonyl (C=O) groups is 1. The maximum atomic E-state index is 10.8. The van der Waals surface area contributed by atoms with Crippen molar-refractivity contribution in [1.29, 1.82) is 0 Å². The van der Waals surface area contributed by atoms with Gasteiger partial charge in [0.15, 0.2) is 0 Å². The van der Waals surface area contributed by atoms with Crippen LogP contribution in [0.5, 0.6) is 0 Å². The van der Waals surface area contributed by atoms with Crippen molar-refractivity contribution in [2.75, 3.05) is 20.3 Å². The number of rotatable bonds is 7. The van der Waals surface area contributed by atoms with Crippen molar-refractivity contribution < 1.29 is 20.1 Å². The van der Waals surface area contributed by atoms with Crippen molar-refractivity contribution in [3.8, 4) is 12.8 Å². The molecule has 5 heteroatoms. The van der Waals surface area contributed by atoms with Gasteiger partial charge in [0.05, 0.1) is 12.7 Å². The van der Waals surface area contributed by atoms with Gasteiger partial charge in [0, 0.05) is 20.1 Å². The van der Waals surface area contributed by atoms with Crippen LogP contribution in [-0.4, -0.2) is 47.6 Å². The van der Waals surface area contributed by atoms with Gasteiger partial charge in [-0.15, -0.1) is 12.8 Å². The van der Waals surface area contributed by atoms with E-state index < -0.39 is 6.10 Å². The normalized spacial score (nSPS) is 10.1. The predicted octanol–water partition coefficient (Wildman–Crippen LogP) is -0.106. The average Bonchev–Trinajstić information content (AvgIpc) is 2.42. The third kappa shape index (κ3) is 20.9. The van der Waals surface area contributed by atoms with Crippen molar-refractivity contribution in [2.24, 2.45) is 0 Å². The maximum Gasteiger partial charge on any atom is 0.219 e. The largest absolute Gasteiger partial charge is 0.400 e. The summed E-state index contributed by atoms with van der Waals surface area (Å²) in [7, 11) is 1.00.